The zero-order valence-electron chi connectivity index (χ0n) is 9.55. The van der Waals surface area contributed by atoms with Crippen LogP contribution in [0.15, 0.2) is 6.07 Å². The van der Waals surface area contributed by atoms with Gasteiger partial charge in [0.2, 0.25) is 0 Å². The molecular formula is C10H8F4INO3. The molecule has 19 heavy (non-hydrogen) atoms. The molecule has 0 radical (unpaired) electrons. The van der Waals surface area contributed by atoms with Crippen LogP contribution in [-0.4, -0.2) is 24.4 Å². The van der Waals surface area contributed by atoms with Crippen LogP contribution < -0.4 is 4.74 Å². The standard InChI is InChI=1S/C10H8F4INO3/c1-18-8(17)3-5-2-7(19-10(12,13)14)9(15)16-6(5)4-11/h2H,3-4H2,1H3. The highest BCUT2D eigenvalue weighted by Crippen LogP contribution is 2.29. The Bertz CT molecular complexity index is 479. The summed E-state index contributed by atoms with van der Waals surface area (Å²) in [5, 5.41) is 0. The van der Waals surface area contributed by atoms with Crippen LogP contribution in [0.4, 0.5) is 17.6 Å². The number of pyridine rings is 1. The Kier molecular flexibility index (Phi) is 5.32. The first-order chi connectivity index (χ1) is 8.76. The average Bonchev–Trinajstić information content (AvgIpc) is 2.31. The molecule has 0 saturated heterocycles. The van der Waals surface area contributed by atoms with Crippen molar-refractivity contribution in [3.63, 3.8) is 0 Å². The van der Waals surface area contributed by atoms with Crippen LogP contribution in [0.2, 0.25) is 0 Å². The van der Waals surface area contributed by atoms with Gasteiger partial charge in [0.1, 0.15) is 10.4 Å². The quantitative estimate of drug-likeness (QED) is 0.342. The van der Waals surface area contributed by atoms with Crippen molar-refractivity contribution >= 4 is 28.6 Å². The lowest BCUT2D eigenvalue weighted by Crippen LogP contribution is -2.19. The Hall–Kier alpha value is -1.13. The molecule has 106 valence electrons. The summed E-state index contributed by atoms with van der Waals surface area (Å²) in [6, 6.07) is 0.939. The molecule has 0 aliphatic heterocycles. The van der Waals surface area contributed by atoms with E-state index in [9.17, 15) is 22.4 Å². The van der Waals surface area contributed by atoms with Gasteiger partial charge in [0.15, 0.2) is 5.75 Å². The number of hydrogen-bond donors (Lipinski definition) is 0. The monoisotopic (exact) mass is 393 g/mol. The summed E-state index contributed by atoms with van der Waals surface area (Å²) >= 11 is 1.49. The molecule has 9 heteroatoms. The molecule has 0 spiro atoms. The zero-order valence-corrected chi connectivity index (χ0v) is 11.7. The van der Waals surface area contributed by atoms with Gasteiger partial charge >= 0.3 is 12.3 Å². The minimum absolute atomic E-state index is 0.00554. The highest BCUT2D eigenvalue weighted by Gasteiger charge is 2.32. The minimum atomic E-state index is -4.89. The van der Waals surface area contributed by atoms with Crippen molar-refractivity contribution in [2.24, 2.45) is 0 Å². The van der Waals surface area contributed by atoms with Crippen LogP contribution in [0.1, 0.15) is 11.3 Å². The van der Waals surface area contributed by atoms with E-state index in [1.165, 1.54) is 22.6 Å². The summed E-state index contributed by atoms with van der Waals surface area (Å²) in [6.45, 7) is -1.01. The van der Waals surface area contributed by atoms with E-state index in [0.29, 0.717) is 0 Å². The maximum Gasteiger partial charge on any atom is 0.573 e. The van der Waals surface area contributed by atoms with Gasteiger partial charge in [-0.15, -0.1) is 13.2 Å². The maximum atomic E-state index is 12.7. The van der Waals surface area contributed by atoms with Crippen LogP contribution in [0.3, 0.4) is 0 Å². The van der Waals surface area contributed by atoms with Gasteiger partial charge in [-0.1, -0.05) is 0 Å². The SMILES string of the molecule is COC(=O)Cc1cc(OC(F)(F)F)c(I)nc1CF. The van der Waals surface area contributed by atoms with Gasteiger partial charge in [0, 0.05) is 0 Å². The Balaban J connectivity index is 3.14. The number of hydrogen-bond acceptors (Lipinski definition) is 4. The molecule has 0 unspecified atom stereocenters. The second-order valence-corrected chi connectivity index (χ2v) is 4.34. The number of carbonyl (C=O) groups excluding carboxylic acids is 1. The van der Waals surface area contributed by atoms with E-state index in [1.54, 1.807) is 0 Å². The zero-order chi connectivity index (χ0) is 14.6. The van der Waals surface area contributed by atoms with Gasteiger partial charge in [-0.05, 0) is 34.2 Å². The van der Waals surface area contributed by atoms with E-state index in [-0.39, 0.29) is 21.4 Å². The molecule has 1 rings (SSSR count). The molecule has 0 aromatic carbocycles. The molecule has 0 amide bonds. The number of rotatable bonds is 4. The van der Waals surface area contributed by atoms with Crippen LogP contribution in [-0.2, 0) is 22.6 Å². The van der Waals surface area contributed by atoms with Gasteiger partial charge in [0.05, 0.1) is 19.2 Å². The van der Waals surface area contributed by atoms with Crippen molar-refractivity contribution in [3.8, 4) is 5.75 Å². The average molecular weight is 393 g/mol. The normalized spacial score (nSPS) is 11.3. The van der Waals surface area contributed by atoms with E-state index >= 15 is 0 Å². The third kappa shape index (κ3) is 4.80. The van der Waals surface area contributed by atoms with Crippen LogP contribution in [0.25, 0.3) is 0 Å². The fourth-order valence-corrected chi connectivity index (χ4v) is 1.80. The van der Waals surface area contributed by atoms with Crippen molar-refractivity contribution in [1.29, 1.82) is 0 Å². The molecule has 1 aromatic rings. The summed E-state index contributed by atoms with van der Waals surface area (Å²) < 4.78 is 57.1. The van der Waals surface area contributed by atoms with Crippen molar-refractivity contribution in [3.05, 3.63) is 21.0 Å². The summed E-state index contributed by atoms with van der Waals surface area (Å²) in [6.07, 6.45) is -5.27. The smallest absolute Gasteiger partial charge is 0.469 e. The molecule has 0 aliphatic rings. The summed E-state index contributed by atoms with van der Waals surface area (Å²) in [7, 11) is 1.12. The van der Waals surface area contributed by atoms with Crippen molar-refractivity contribution in [2.45, 2.75) is 19.5 Å². The first-order valence-electron chi connectivity index (χ1n) is 4.83. The largest absolute Gasteiger partial charge is 0.573 e. The molecule has 0 bridgehead atoms. The first kappa shape index (κ1) is 15.9. The van der Waals surface area contributed by atoms with Gasteiger partial charge in [-0.2, -0.15) is 0 Å². The van der Waals surface area contributed by atoms with Crippen LogP contribution >= 0.6 is 22.6 Å². The summed E-state index contributed by atoms with van der Waals surface area (Å²) in [5.41, 5.74) is -0.127. The third-order valence-corrected chi connectivity index (χ3v) is 2.80. The lowest BCUT2D eigenvalue weighted by Gasteiger charge is -2.13. The van der Waals surface area contributed by atoms with E-state index < -0.39 is 24.8 Å². The van der Waals surface area contributed by atoms with Crippen molar-refractivity contribution in [1.82, 2.24) is 4.98 Å². The number of esters is 1. The number of carbonyl (C=O) groups is 1. The van der Waals surface area contributed by atoms with Crippen molar-refractivity contribution < 1.29 is 31.8 Å². The number of nitrogens with zero attached hydrogens (tertiary/aromatic N) is 1. The first-order valence-corrected chi connectivity index (χ1v) is 5.91. The van der Waals surface area contributed by atoms with Crippen LogP contribution in [0, 0.1) is 3.70 Å². The second kappa shape index (κ2) is 6.35. The van der Waals surface area contributed by atoms with Crippen molar-refractivity contribution in [2.75, 3.05) is 7.11 Å². The van der Waals surface area contributed by atoms with E-state index in [4.69, 9.17) is 0 Å². The number of ether oxygens (including phenoxy) is 2. The molecule has 0 aliphatic carbocycles. The van der Waals surface area contributed by atoms with E-state index in [1.807, 2.05) is 0 Å². The van der Waals surface area contributed by atoms with E-state index in [0.717, 1.165) is 13.2 Å². The number of methoxy groups -OCH3 is 1. The summed E-state index contributed by atoms with van der Waals surface area (Å²) in [4.78, 5) is 14.7. The Labute approximate surface area is 119 Å². The second-order valence-electron chi connectivity index (χ2n) is 3.32. The molecular weight excluding hydrogens is 385 g/mol. The lowest BCUT2D eigenvalue weighted by atomic mass is 10.1. The predicted octanol–water partition coefficient (Wildman–Crippen LogP) is 2.77. The number of aromatic nitrogens is 1. The molecule has 0 N–H and O–H groups in total. The predicted molar refractivity (Wildman–Crippen MR) is 64.2 cm³/mol. The molecule has 0 atom stereocenters. The lowest BCUT2D eigenvalue weighted by molar-refractivity contribution is -0.275. The minimum Gasteiger partial charge on any atom is -0.469 e. The van der Waals surface area contributed by atoms with Gasteiger partial charge < -0.3 is 9.47 Å². The van der Waals surface area contributed by atoms with Gasteiger partial charge in [-0.3, -0.25) is 4.79 Å². The highest BCUT2D eigenvalue weighted by molar-refractivity contribution is 14.1. The Morgan fingerprint density at radius 1 is 1.47 bits per heavy atom. The molecule has 4 nitrogen and oxygen atoms in total. The number of alkyl halides is 4. The van der Waals surface area contributed by atoms with Gasteiger partial charge in [0.25, 0.3) is 0 Å². The van der Waals surface area contributed by atoms with E-state index in [2.05, 4.69) is 14.5 Å². The molecule has 0 fully saturated rings. The maximum absolute atomic E-state index is 12.7. The number of halogens is 5. The summed E-state index contributed by atoms with van der Waals surface area (Å²) in [5.74, 6) is -1.29. The fourth-order valence-electron chi connectivity index (χ4n) is 1.24. The topological polar surface area (TPSA) is 48.4 Å². The third-order valence-electron chi connectivity index (χ3n) is 2.03. The van der Waals surface area contributed by atoms with Gasteiger partial charge in [-0.25, -0.2) is 9.37 Å². The Morgan fingerprint density at radius 3 is 2.58 bits per heavy atom. The fraction of sp³-hybridized carbons (Fsp3) is 0.400. The molecule has 0 saturated carbocycles. The molecule has 1 aromatic heterocycles. The highest BCUT2D eigenvalue weighted by atomic mass is 127. The Morgan fingerprint density at radius 2 is 2.11 bits per heavy atom. The molecule has 1 heterocycles. The van der Waals surface area contributed by atoms with Crippen LogP contribution in [0.5, 0.6) is 5.75 Å².